The minimum Gasteiger partial charge on any atom is -0.311 e. The molecule has 0 N–H and O–H groups in total. The summed E-state index contributed by atoms with van der Waals surface area (Å²) in [7, 11) is 0. The van der Waals surface area contributed by atoms with Crippen LogP contribution in [0.5, 0.6) is 0 Å². The summed E-state index contributed by atoms with van der Waals surface area (Å²) in [6.45, 7) is 11.0. The monoisotopic (exact) mass is 747 g/mol. The Morgan fingerprint density at radius 2 is 0.810 bits per heavy atom. The molecule has 9 aromatic carbocycles. The highest BCUT2D eigenvalue weighted by Crippen LogP contribution is 2.41. The zero-order valence-corrected chi connectivity index (χ0v) is 34.1. The van der Waals surface area contributed by atoms with Gasteiger partial charge in [0.25, 0.3) is 0 Å². The van der Waals surface area contributed by atoms with Crippen molar-refractivity contribution in [1.82, 2.24) is 0 Å². The smallest absolute Gasteiger partial charge is 0.0462 e. The van der Waals surface area contributed by atoms with Gasteiger partial charge in [0.05, 0.1) is 0 Å². The summed E-state index contributed by atoms with van der Waals surface area (Å²) in [5.41, 5.74) is 19.9. The zero-order valence-electron chi connectivity index (χ0n) is 34.1. The van der Waals surface area contributed by atoms with Crippen LogP contribution in [-0.4, -0.2) is 0 Å². The fraction of sp³-hybridized carbons (Fsp3) is 0.0877. The molecule has 0 aromatic heterocycles. The first-order valence-electron chi connectivity index (χ1n) is 20.2. The molecule has 9 aromatic rings. The normalized spacial score (nSPS) is 10.8. The summed E-state index contributed by atoms with van der Waals surface area (Å²) in [6, 6.07) is 74.2. The largest absolute Gasteiger partial charge is 0.311 e. The lowest BCUT2D eigenvalue weighted by atomic mass is 9.86. The first-order chi connectivity index (χ1) is 28.3. The average molecular weight is 748 g/mol. The molecule has 9 rings (SSSR count). The Bertz CT molecular complexity index is 2760. The molecule has 0 heterocycles. The number of nitrogens with zero attached hydrogens (tertiary/aromatic N) is 1. The second kappa shape index (κ2) is 17.0. The summed E-state index contributed by atoms with van der Waals surface area (Å²) in [5, 5.41) is 2.58. The summed E-state index contributed by atoms with van der Waals surface area (Å²) in [5.74, 6) is 0. The van der Waals surface area contributed by atoms with E-state index < -0.39 is 0 Å². The summed E-state index contributed by atoms with van der Waals surface area (Å²) in [4.78, 5) is 2.30. The van der Waals surface area contributed by atoms with Gasteiger partial charge in [-0.15, -0.1) is 0 Å². The van der Waals surface area contributed by atoms with Crippen LogP contribution >= 0.6 is 0 Å². The van der Waals surface area contributed by atoms with Crippen molar-refractivity contribution in [2.45, 2.75) is 34.6 Å². The summed E-state index contributed by atoms with van der Waals surface area (Å²) < 4.78 is 0. The lowest BCUT2D eigenvalue weighted by Crippen LogP contribution is -2.09. The lowest BCUT2D eigenvalue weighted by Gasteiger charge is -2.25. The molecule has 0 unspecified atom stereocenters. The van der Waals surface area contributed by atoms with E-state index in [1.54, 1.807) is 0 Å². The SMILES string of the molecule is Cc1ccccc1.Cc1ccccc1-c1cc2c(-c3cc(-c4cccc(-c5ccc(N(c6ccccc6)c6ccccc6)cc5)c4)ccc3C)c(C)ccc2cc1C. The van der Waals surface area contributed by atoms with Gasteiger partial charge >= 0.3 is 0 Å². The number of benzene rings is 9. The highest BCUT2D eigenvalue weighted by Gasteiger charge is 2.16. The maximum absolute atomic E-state index is 2.42. The van der Waals surface area contributed by atoms with Crippen LogP contribution in [0, 0.1) is 34.6 Å². The average Bonchev–Trinajstić information content (AvgIpc) is 3.26. The van der Waals surface area contributed by atoms with Crippen LogP contribution in [-0.2, 0) is 0 Å². The molecule has 58 heavy (non-hydrogen) atoms. The molecule has 0 aliphatic rings. The van der Waals surface area contributed by atoms with Gasteiger partial charge in [-0.1, -0.05) is 157 Å². The molecule has 0 fully saturated rings. The molecule has 0 saturated carbocycles. The molecule has 0 bridgehead atoms. The van der Waals surface area contributed by atoms with Crippen molar-refractivity contribution in [1.29, 1.82) is 0 Å². The highest BCUT2D eigenvalue weighted by atomic mass is 15.1. The van der Waals surface area contributed by atoms with Crippen molar-refractivity contribution in [2.75, 3.05) is 4.90 Å². The molecule has 282 valence electrons. The van der Waals surface area contributed by atoms with E-state index in [0.29, 0.717) is 0 Å². The molecule has 0 radical (unpaired) electrons. The lowest BCUT2D eigenvalue weighted by molar-refractivity contribution is 1.28. The summed E-state index contributed by atoms with van der Waals surface area (Å²) in [6.07, 6.45) is 0. The first-order valence-corrected chi connectivity index (χ1v) is 20.2. The topological polar surface area (TPSA) is 3.24 Å². The number of hydrogen-bond donors (Lipinski definition) is 0. The van der Waals surface area contributed by atoms with E-state index >= 15 is 0 Å². The standard InChI is InChI=1S/C50H41N.C7H8/c1-34-14-11-12-21-46(34)47-33-49-42(30-37(47)4)25-23-36(3)50(49)48-32-41(24-22-35(48)2)40-16-13-15-39(31-40)38-26-28-45(29-27-38)51(43-17-7-5-8-18-43)44-19-9-6-10-20-44;1-7-5-3-2-4-6-7/h5-33H,1-4H3;2-6H,1H3. The first kappa shape index (κ1) is 37.9. The Kier molecular flexibility index (Phi) is 11.1. The van der Waals surface area contributed by atoms with Crippen molar-refractivity contribution in [3.8, 4) is 44.5 Å². The second-order valence-electron chi connectivity index (χ2n) is 15.3. The Labute approximate surface area is 344 Å². The minimum atomic E-state index is 1.13. The third-order valence-electron chi connectivity index (χ3n) is 11.1. The van der Waals surface area contributed by atoms with Crippen LogP contribution in [0.25, 0.3) is 55.3 Å². The van der Waals surface area contributed by atoms with E-state index in [4.69, 9.17) is 0 Å². The number of anilines is 3. The van der Waals surface area contributed by atoms with E-state index in [0.717, 1.165) is 17.1 Å². The van der Waals surface area contributed by atoms with E-state index in [2.05, 4.69) is 228 Å². The van der Waals surface area contributed by atoms with Gasteiger partial charge in [-0.05, 0) is 167 Å². The zero-order chi connectivity index (χ0) is 40.0. The predicted molar refractivity (Wildman–Crippen MR) is 251 cm³/mol. The van der Waals surface area contributed by atoms with E-state index in [1.165, 1.54) is 83.1 Å². The minimum absolute atomic E-state index is 1.13. The van der Waals surface area contributed by atoms with Crippen molar-refractivity contribution in [3.63, 3.8) is 0 Å². The van der Waals surface area contributed by atoms with Gasteiger partial charge in [0.2, 0.25) is 0 Å². The Hall–Kier alpha value is -6.96. The van der Waals surface area contributed by atoms with Crippen LogP contribution in [0.4, 0.5) is 17.1 Å². The van der Waals surface area contributed by atoms with Crippen LogP contribution in [0.3, 0.4) is 0 Å². The van der Waals surface area contributed by atoms with Gasteiger partial charge < -0.3 is 4.90 Å². The Balaban J connectivity index is 0.000000608. The molecule has 1 heteroatoms. The van der Waals surface area contributed by atoms with Gasteiger partial charge in [-0.3, -0.25) is 0 Å². The van der Waals surface area contributed by atoms with Crippen molar-refractivity contribution in [3.05, 3.63) is 234 Å². The molecule has 0 saturated heterocycles. The quantitative estimate of drug-likeness (QED) is 0.157. The molecule has 0 atom stereocenters. The molecule has 0 aliphatic carbocycles. The Morgan fingerprint density at radius 1 is 0.293 bits per heavy atom. The molecule has 0 aliphatic heterocycles. The maximum atomic E-state index is 2.42. The molecule has 0 spiro atoms. The third-order valence-corrected chi connectivity index (χ3v) is 11.1. The molecular formula is C57H49N. The van der Waals surface area contributed by atoms with Crippen LogP contribution in [0.1, 0.15) is 27.8 Å². The molecule has 0 amide bonds. The van der Waals surface area contributed by atoms with Gasteiger partial charge in [-0.25, -0.2) is 0 Å². The molecular weight excluding hydrogens is 699 g/mol. The van der Waals surface area contributed by atoms with Gasteiger partial charge in [0, 0.05) is 17.1 Å². The second-order valence-corrected chi connectivity index (χ2v) is 15.3. The van der Waals surface area contributed by atoms with Crippen molar-refractivity contribution < 1.29 is 0 Å². The Morgan fingerprint density at radius 3 is 1.43 bits per heavy atom. The van der Waals surface area contributed by atoms with Gasteiger partial charge in [-0.2, -0.15) is 0 Å². The van der Waals surface area contributed by atoms with E-state index in [-0.39, 0.29) is 0 Å². The number of aryl methyl sites for hydroxylation is 5. The number of rotatable bonds is 7. The van der Waals surface area contributed by atoms with Crippen LogP contribution in [0.2, 0.25) is 0 Å². The maximum Gasteiger partial charge on any atom is 0.0462 e. The fourth-order valence-corrected chi connectivity index (χ4v) is 8.01. The molecule has 1 nitrogen and oxygen atoms in total. The van der Waals surface area contributed by atoms with Gasteiger partial charge in [0.15, 0.2) is 0 Å². The number of hydrogen-bond acceptors (Lipinski definition) is 1. The highest BCUT2D eigenvalue weighted by molar-refractivity contribution is 6.02. The third kappa shape index (κ3) is 8.12. The van der Waals surface area contributed by atoms with Crippen molar-refractivity contribution >= 4 is 27.8 Å². The number of para-hydroxylation sites is 2. The van der Waals surface area contributed by atoms with E-state index in [9.17, 15) is 0 Å². The number of fused-ring (bicyclic) bond motifs is 1. The summed E-state index contributed by atoms with van der Waals surface area (Å²) >= 11 is 0. The van der Waals surface area contributed by atoms with Crippen molar-refractivity contribution in [2.24, 2.45) is 0 Å². The van der Waals surface area contributed by atoms with Gasteiger partial charge in [0.1, 0.15) is 0 Å². The van der Waals surface area contributed by atoms with E-state index in [1.807, 2.05) is 18.2 Å². The van der Waals surface area contributed by atoms with Crippen LogP contribution < -0.4 is 4.90 Å². The predicted octanol–water partition coefficient (Wildman–Crippen LogP) is 16.2. The van der Waals surface area contributed by atoms with Crippen LogP contribution in [0.15, 0.2) is 206 Å². The fourth-order valence-electron chi connectivity index (χ4n) is 8.01.